The van der Waals surface area contributed by atoms with Crippen LogP contribution in [0.15, 0.2) is 59.5 Å². The normalized spacial score (nSPS) is 21.2. The molecule has 0 aromatic heterocycles. The number of carbonyl (C=O) groups excluding carboxylic acids is 2. The average molecular weight is 684 g/mol. The minimum Gasteiger partial charge on any atom is -0.391 e. The van der Waals surface area contributed by atoms with Gasteiger partial charge in [0.05, 0.1) is 35.2 Å². The molecule has 0 bridgehead atoms. The summed E-state index contributed by atoms with van der Waals surface area (Å²) in [6, 6.07) is 10.2. The molecule has 256 valence electrons. The second-order valence-corrected chi connectivity index (χ2v) is 16.9. The van der Waals surface area contributed by atoms with Crippen LogP contribution in [-0.2, 0) is 40.6 Å². The Morgan fingerprint density at radius 2 is 1.65 bits per heavy atom. The summed E-state index contributed by atoms with van der Waals surface area (Å²) < 4.78 is 71.8. The van der Waals surface area contributed by atoms with E-state index in [9.17, 15) is 35.9 Å². The molecule has 6 atom stereocenters. The summed E-state index contributed by atoms with van der Waals surface area (Å²) >= 11 is 0. The van der Waals surface area contributed by atoms with Crippen molar-refractivity contribution in [3.8, 4) is 0 Å². The van der Waals surface area contributed by atoms with Gasteiger partial charge in [-0.2, -0.15) is 0 Å². The Morgan fingerprint density at radius 1 is 1.02 bits per heavy atom. The number of hydrogen-bond acceptors (Lipinski definition) is 8. The van der Waals surface area contributed by atoms with Gasteiger partial charge in [-0.05, 0) is 88.6 Å². The molecular formula is C32H46FN3O8S2. The number of methoxy groups -OCH3 is 1. The smallest absolute Gasteiger partial charge is 0.239 e. The molecule has 0 saturated heterocycles. The first-order chi connectivity index (χ1) is 21.4. The van der Waals surface area contributed by atoms with Crippen molar-refractivity contribution in [2.24, 2.45) is 11.8 Å². The van der Waals surface area contributed by atoms with Gasteiger partial charge in [0.2, 0.25) is 21.8 Å². The van der Waals surface area contributed by atoms with Crippen LogP contribution in [0.25, 0.3) is 0 Å². The van der Waals surface area contributed by atoms with Gasteiger partial charge >= 0.3 is 0 Å². The first kappa shape index (κ1) is 37.5. The van der Waals surface area contributed by atoms with E-state index in [1.807, 2.05) is 26.8 Å². The van der Waals surface area contributed by atoms with E-state index in [1.165, 1.54) is 0 Å². The van der Waals surface area contributed by atoms with E-state index in [4.69, 9.17) is 4.74 Å². The zero-order valence-corrected chi connectivity index (χ0v) is 28.5. The molecule has 4 N–H and O–H groups in total. The highest BCUT2D eigenvalue weighted by Gasteiger charge is 2.39. The first-order valence-electron chi connectivity index (χ1n) is 15.2. The van der Waals surface area contributed by atoms with E-state index < -0.39 is 67.0 Å². The van der Waals surface area contributed by atoms with Crippen LogP contribution in [0.1, 0.15) is 52.0 Å². The number of sulfone groups is 1. The summed E-state index contributed by atoms with van der Waals surface area (Å²) in [7, 11) is -6.71. The lowest BCUT2D eigenvalue weighted by molar-refractivity contribution is -0.132. The summed E-state index contributed by atoms with van der Waals surface area (Å²) in [5.74, 6) is -3.40. The Morgan fingerprint density at radius 3 is 2.22 bits per heavy atom. The van der Waals surface area contributed by atoms with Gasteiger partial charge in [-0.25, -0.2) is 25.9 Å². The SMILES string of the molecule is COC1CCC(C(=O)NC(C)(C)C)C(CC(O)C(Cc2ccccc2)NC(=O)C(CS(=O)(=O)c2ccc(F)cc2)NS(C)(=O)=O)C1. The van der Waals surface area contributed by atoms with Crippen molar-refractivity contribution < 1.29 is 40.7 Å². The third-order valence-corrected chi connectivity index (χ3v) is 10.4. The summed E-state index contributed by atoms with van der Waals surface area (Å²) in [6.45, 7) is 5.66. The molecule has 1 aliphatic rings. The van der Waals surface area contributed by atoms with Gasteiger partial charge < -0.3 is 20.5 Å². The molecule has 46 heavy (non-hydrogen) atoms. The van der Waals surface area contributed by atoms with E-state index in [0.717, 1.165) is 36.1 Å². The minimum atomic E-state index is -4.25. The number of aliphatic hydroxyl groups excluding tert-OH is 1. The van der Waals surface area contributed by atoms with Gasteiger partial charge in [-0.15, -0.1) is 0 Å². The molecular weight excluding hydrogens is 637 g/mol. The van der Waals surface area contributed by atoms with Crippen LogP contribution in [-0.4, -0.2) is 82.7 Å². The number of hydrogen-bond donors (Lipinski definition) is 4. The third-order valence-electron chi connectivity index (χ3n) is 7.97. The van der Waals surface area contributed by atoms with Gasteiger partial charge in [0.25, 0.3) is 0 Å². The van der Waals surface area contributed by atoms with Gasteiger partial charge in [0.15, 0.2) is 9.84 Å². The van der Waals surface area contributed by atoms with E-state index in [1.54, 1.807) is 31.4 Å². The Kier molecular flexibility index (Phi) is 12.9. The Balaban J connectivity index is 1.90. The molecule has 2 aromatic carbocycles. The largest absolute Gasteiger partial charge is 0.391 e. The van der Waals surface area contributed by atoms with Crippen molar-refractivity contribution in [2.45, 2.75) is 87.6 Å². The number of benzene rings is 2. The van der Waals surface area contributed by atoms with E-state index in [-0.39, 0.29) is 35.7 Å². The number of halogens is 1. The van der Waals surface area contributed by atoms with Crippen molar-refractivity contribution in [3.05, 3.63) is 66.0 Å². The molecule has 1 saturated carbocycles. The maximum absolute atomic E-state index is 13.7. The highest BCUT2D eigenvalue weighted by Crippen LogP contribution is 2.36. The highest BCUT2D eigenvalue weighted by atomic mass is 32.2. The molecule has 0 radical (unpaired) electrons. The first-order valence-corrected chi connectivity index (χ1v) is 18.7. The number of rotatable bonds is 14. The molecule has 3 rings (SSSR count). The van der Waals surface area contributed by atoms with E-state index in [0.29, 0.717) is 19.3 Å². The van der Waals surface area contributed by atoms with E-state index >= 15 is 0 Å². The van der Waals surface area contributed by atoms with Crippen LogP contribution in [0, 0.1) is 17.7 Å². The van der Waals surface area contributed by atoms with Crippen LogP contribution in [0.3, 0.4) is 0 Å². The van der Waals surface area contributed by atoms with Gasteiger partial charge in [-0.3, -0.25) is 9.59 Å². The van der Waals surface area contributed by atoms with Crippen LogP contribution in [0.2, 0.25) is 0 Å². The summed E-state index contributed by atoms with van der Waals surface area (Å²) in [5, 5.41) is 17.4. The zero-order chi connectivity index (χ0) is 34.3. The second-order valence-electron chi connectivity index (χ2n) is 13.1. The van der Waals surface area contributed by atoms with Gasteiger partial charge in [0, 0.05) is 18.6 Å². The molecule has 2 amide bonds. The van der Waals surface area contributed by atoms with Crippen molar-refractivity contribution in [3.63, 3.8) is 0 Å². The molecule has 1 fully saturated rings. The fraction of sp³-hybridized carbons (Fsp3) is 0.562. The molecule has 0 aliphatic heterocycles. The Bertz CT molecular complexity index is 1530. The second kappa shape index (κ2) is 15.8. The van der Waals surface area contributed by atoms with Crippen LogP contribution >= 0.6 is 0 Å². The fourth-order valence-electron chi connectivity index (χ4n) is 5.79. The number of aliphatic hydroxyl groups is 1. The minimum absolute atomic E-state index is 0.113. The molecule has 0 heterocycles. The maximum Gasteiger partial charge on any atom is 0.239 e. The molecule has 2 aromatic rings. The molecule has 11 nitrogen and oxygen atoms in total. The Hall–Kier alpha value is -2.91. The number of nitrogens with one attached hydrogen (secondary N) is 3. The highest BCUT2D eigenvalue weighted by molar-refractivity contribution is 7.91. The molecule has 14 heteroatoms. The van der Waals surface area contributed by atoms with Crippen LogP contribution in [0.5, 0.6) is 0 Å². The lowest BCUT2D eigenvalue weighted by Crippen LogP contribution is -2.55. The topological polar surface area (TPSA) is 168 Å². The van der Waals surface area contributed by atoms with Gasteiger partial charge in [0.1, 0.15) is 11.9 Å². The standard InChI is InChI=1S/C32H46FN3O8S2/c1-32(2,3)35-30(38)26-16-13-24(44-4)18-22(26)19-29(37)27(17-21-9-7-6-8-10-21)34-31(39)28(36-45(5,40)41)20-46(42,43)25-14-11-23(33)12-15-25/h6-12,14-15,22,24,26-29,36-37H,13,16-20H2,1-5H3,(H,34,39)(H,35,38). The van der Waals surface area contributed by atoms with Crippen molar-refractivity contribution in [2.75, 3.05) is 19.1 Å². The maximum atomic E-state index is 13.7. The van der Waals surface area contributed by atoms with Crippen molar-refractivity contribution in [1.82, 2.24) is 15.4 Å². The lowest BCUT2D eigenvalue weighted by atomic mass is 9.73. The summed E-state index contributed by atoms with van der Waals surface area (Å²) in [6.07, 6.45) is 1.50. The number of carbonyl (C=O) groups is 2. The number of ether oxygens (including phenoxy) is 1. The number of amides is 2. The monoisotopic (exact) mass is 683 g/mol. The lowest BCUT2D eigenvalue weighted by Gasteiger charge is -2.38. The van der Waals surface area contributed by atoms with Crippen LogP contribution in [0.4, 0.5) is 4.39 Å². The molecule has 1 aliphatic carbocycles. The van der Waals surface area contributed by atoms with Crippen LogP contribution < -0.4 is 15.4 Å². The zero-order valence-electron chi connectivity index (χ0n) is 26.9. The third kappa shape index (κ3) is 11.7. The van der Waals surface area contributed by atoms with Crippen molar-refractivity contribution >= 4 is 31.7 Å². The average Bonchev–Trinajstić information content (AvgIpc) is 2.95. The fourth-order valence-corrected chi connectivity index (χ4v) is 8.02. The van der Waals surface area contributed by atoms with Crippen molar-refractivity contribution in [1.29, 1.82) is 0 Å². The Labute approximate surface area is 271 Å². The quantitative estimate of drug-likeness (QED) is 0.220. The van der Waals surface area contributed by atoms with E-state index in [2.05, 4.69) is 15.4 Å². The molecule has 0 spiro atoms. The van der Waals surface area contributed by atoms with Gasteiger partial charge in [-0.1, -0.05) is 30.3 Å². The number of sulfonamides is 1. The molecule has 6 unspecified atom stereocenters. The predicted molar refractivity (Wildman–Crippen MR) is 172 cm³/mol. The predicted octanol–water partition coefficient (Wildman–Crippen LogP) is 2.34. The summed E-state index contributed by atoms with van der Waals surface area (Å²) in [5.41, 5.74) is 0.303. The summed E-state index contributed by atoms with van der Waals surface area (Å²) in [4.78, 5) is 26.7.